The molecule has 226 valence electrons. The molecule has 0 amide bonds. The van der Waals surface area contributed by atoms with E-state index in [1.54, 1.807) is 0 Å². The van der Waals surface area contributed by atoms with Crippen molar-refractivity contribution in [2.75, 3.05) is 13.2 Å². The maximum Gasteiger partial charge on any atom is 0.119 e. The van der Waals surface area contributed by atoms with Crippen molar-refractivity contribution in [3.05, 3.63) is 136 Å². The van der Waals surface area contributed by atoms with Gasteiger partial charge in [-0.1, -0.05) is 103 Å². The van der Waals surface area contributed by atoms with Crippen LogP contribution in [0.2, 0.25) is 5.02 Å². The van der Waals surface area contributed by atoms with E-state index < -0.39 is 17.8 Å². The van der Waals surface area contributed by atoms with Gasteiger partial charge in [-0.15, -0.1) is 0 Å². The Labute approximate surface area is 260 Å². The quantitative estimate of drug-likeness (QED) is 0.179. The molecule has 1 N–H and O–H groups in total. The SMILES string of the molecule is CCOc1ccc(Cc2cc(C3OC(C)(CO)C(C)C(OCc4ccccc4)C3OCc3ccccc3)ccc2Cl)cc1. The number of hydrogen-bond acceptors (Lipinski definition) is 5. The Hall–Kier alpha value is -3.19. The van der Waals surface area contributed by atoms with Crippen LogP contribution in [0.15, 0.2) is 103 Å². The van der Waals surface area contributed by atoms with Crippen molar-refractivity contribution in [3.8, 4) is 5.75 Å². The zero-order valence-corrected chi connectivity index (χ0v) is 25.9. The number of halogens is 1. The molecule has 0 radical (unpaired) electrons. The molecule has 0 bridgehead atoms. The molecule has 0 spiro atoms. The van der Waals surface area contributed by atoms with E-state index in [0.29, 0.717) is 31.3 Å². The molecule has 5 nitrogen and oxygen atoms in total. The highest BCUT2D eigenvalue weighted by Crippen LogP contribution is 2.45. The first-order chi connectivity index (χ1) is 20.9. The summed E-state index contributed by atoms with van der Waals surface area (Å²) in [5.74, 6) is 0.702. The molecular weight excluding hydrogens is 560 g/mol. The van der Waals surface area contributed by atoms with Crippen molar-refractivity contribution < 1.29 is 24.1 Å². The lowest BCUT2D eigenvalue weighted by molar-refractivity contribution is -0.275. The number of hydrogen-bond donors (Lipinski definition) is 1. The lowest BCUT2D eigenvalue weighted by Crippen LogP contribution is -2.58. The van der Waals surface area contributed by atoms with E-state index in [1.165, 1.54) is 0 Å². The molecule has 1 aliphatic rings. The van der Waals surface area contributed by atoms with E-state index in [1.807, 2.05) is 74.5 Å². The summed E-state index contributed by atoms with van der Waals surface area (Å²) in [6.45, 7) is 7.32. The number of aliphatic hydroxyl groups is 1. The Morgan fingerprint density at radius 3 is 1.98 bits per heavy atom. The van der Waals surface area contributed by atoms with Crippen LogP contribution < -0.4 is 4.74 Å². The van der Waals surface area contributed by atoms with Crippen LogP contribution in [0.3, 0.4) is 0 Å². The van der Waals surface area contributed by atoms with Gasteiger partial charge in [0.2, 0.25) is 0 Å². The van der Waals surface area contributed by atoms with Gasteiger partial charge in [0.1, 0.15) is 18.0 Å². The van der Waals surface area contributed by atoms with Crippen LogP contribution in [0.25, 0.3) is 0 Å². The van der Waals surface area contributed by atoms with Gasteiger partial charge in [0.25, 0.3) is 0 Å². The van der Waals surface area contributed by atoms with Crippen LogP contribution in [0, 0.1) is 5.92 Å². The van der Waals surface area contributed by atoms with Crippen molar-refractivity contribution in [3.63, 3.8) is 0 Å². The third-order valence-electron chi connectivity index (χ3n) is 8.39. The lowest BCUT2D eigenvalue weighted by atomic mass is 9.78. The van der Waals surface area contributed by atoms with Crippen LogP contribution in [0.1, 0.15) is 54.7 Å². The van der Waals surface area contributed by atoms with Crippen molar-refractivity contribution in [2.45, 2.75) is 64.3 Å². The number of rotatable bonds is 12. The Bertz CT molecular complexity index is 1430. The highest BCUT2D eigenvalue weighted by molar-refractivity contribution is 6.31. The van der Waals surface area contributed by atoms with E-state index in [2.05, 4.69) is 49.4 Å². The molecule has 1 aliphatic heterocycles. The van der Waals surface area contributed by atoms with Crippen molar-refractivity contribution in [2.24, 2.45) is 5.92 Å². The summed E-state index contributed by atoms with van der Waals surface area (Å²) in [5, 5.41) is 11.3. The first kappa shape index (κ1) is 31.2. The molecule has 5 unspecified atom stereocenters. The Morgan fingerprint density at radius 1 is 0.791 bits per heavy atom. The fourth-order valence-corrected chi connectivity index (χ4v) is 5.84. The smallest absolute Gasteiger partial charge is 0.119 e. The monoisotopic (exact) mass is 600 g/mol. The summed E-state index contributed by atoms with van der Waals surface area (Å²) >= 11 is 6.73. The summed E-state index contributed by atoms with van der Waals surface area (Å²) in [7, 11) is 0. The highest BCUT2D eigenvalue weighted by Gasteiger charge is 2.51. The molecule has 1 fully saturated rings. The normalized spacial score (nSPS) is 23.7. The summed E-state index contributed by atoms with van der Waals surface area (Å²) in [6.07, 6.45) is -0.611. The molecule has 0 aromatic heterocycles. The number of aliphatic hydroxyl groups excluding tert-OH is 1. The van der Waals surface area contributed by atoms with Crippen LogP contribution in [0.4, 0.5) is 0 Å². The fourth-order valence-electron chi connectivity index (χ4n) is 5.66. The molecule has 5 rings (SSSR count). The minimum atomic E-state index is -0.840. The van der Waals surface area contributed by atoms with Crippen molar-refractivity contribution >= 4 is 11.6 Å². The summed E-state index contributed by atoms with van der Waals surface area (Å²) in [5.41, 5.74) is 4.35. The standard InChI is InChI=1S/C37H41ClO5/c1-4-40-32-18-15-27(16-19-32)21-31-22-30(17-20-33(31)38)35-36(42-24-29-13-9-6-10-14-29)34(26(2)37(3,25-39)43-35)41-23-28-11-7-5-8-12-28/h5-20,22,26,34-36,39H,4,21,23-25H2,1-3H3. The van der Waals surface area contributed by atoms with Gasteiger partial charge in [-0.3, -0.25) is 0 Å². The van der Waals surface area contributed by atoms with Crippen molar-refractivity contribution in [1.29, 1.82) is 0 Å². The van der Waals surface area contributed by atoms with Gasteiger partial charge in [-0.2, -0.15) is 0 Å². The second kappa shape index (κ2) is 14.5. The average Bonchev–Trinajstić information content (AvgIpc) is 3.04. The molecule has 0 saturated carbocycles. The van der Waals surface area contributed by atoms with Gasteiger partial charge < -0.3 is 24.1 Å². The van der Waals surface area contributed by atoms with Gasteiger partial charge in [0.15, 0.2) is 0 Å². The maximum atomic E-state index is 10.6. The van der Waals surface area contributed by atoms with E-state index >= 15 is 0 Å². The van der Waals surface area contributed by atoms with Gasteiger partial charge in [0, 0.05) is 10.9 Å². The van der Waals surface area contributed by atoms with Gasteiger partial charge in [-0.25, -0.2) is 0 Å². The van der Waals surface area contributed by atoms with Crippen LogP contribution >= 0.6 is 11.6 Å². The molecule has 1 saturated heterocycles. The first-order valence-electron chi connectivity index (χ1n) is 15.0. The Balaban J connectivity index is 1.47. The molecule has 1 heterocycles. The maximum absolute atomic E-state index is 10.6. The van der Waals surface area contributed by atoms with Gasteiger partial charge >= 0.3 is 0 Å². The molecule has 0 aliphatic carbocycles. The number of ether oxygens (including phenoxy) is 4. The van der Waals surface area contributed by atoms with E-state index in [9.17, 15) is 5.11 Å². The zero-order chi connectivity index (χ0) is 30.2. The summed E-state index contributed by atoms with van der Waals surface area (Å²) < 4.78 is 25.7. The predicted molar refractivity (Wildman–Crippen MR) is 170 cm³/mol. The minimum absolute atomic E-state index is 0.145. The van der Waals surface area contributed by atoms with Crippen molar-refractivity contribution in [1.82, 2.24) is 0 Å². The second-order valence-electron chi connectivity index (χ2n) is 11.4. The topological polar surface area (TPSA) is 57.2 Å². The predicted octanol–water partition coefficient (Wildman–Crippen LogP) is 7.96. The third kappa shape index (κ3) is 7.67. The number of benzene rings is 4. The first-order valence-corrected chi connectivity index (χ1v) is 15.4. The van der Waals surface area contributed by atoms with Crippen LogP contribution in [-0.4, -0.2) is 36.1 Å². The lowest BCUT2D eigenvalue weighted by Gasteiger charge is -2.50. The molecular formula is C37H41ClO5. The molecule has 4 aromatic carbocycles. The third-order valence-corrected chi connectivity index (χ3v) is 8.75. The molecule has 5 atom stereocenters. The van der Waals surface area contributed by atoms with E-state index in [0.717, 1.165) is 33.6 Å². The largest absolute Gasteiger partial charge is 0.494 e. The van der Waals surface area contributed by atoms with Gasteiger partial charge in [-0.05, 0) is 66.3 Å². The fraction of sp³-hybridized carbons (Fsp3) is 0.351. The molecule has 43 heavy (non-hydrogen) atoms. The Morgan fingerprint density at radius 2 is 1.40 bits per heavy atom. The molecule has 4 aromatic rings. The second-order valence-corrected chi connectivity index (χ2v) is 11.8. The van der Waals surface area contributed by atoms with E-state index in [-0.39, 0.29) is 18.6 Å². The minimum Gasteiger partial charge on any atom is -0.494 e. The zero-order valence-electron chi connectivity index (χ0n) is 25.1. The Kier molecular flexibility index (Phi) is 10.6. The van der Waals surface area contributed by atoms with Crippen LogP contribution in [-0.2, 0) is 33.8 Å². The summed E-state index contributed by atoms with van der Waals surface area (Å²) in [4.78, 5) is 0. The van der Waals surface area contributed by atoms with Crippen LogP contribution in [0.5, 0.6) is 5.75 Å². The van der Waals surface area contributed by atoms with E-state index in [4.69, 9.17) is 30.5 Å². The van der Waals surface area contributed by atoms with Gasteiger partial charge in [0.05, 0.1) is 38.1 Å². The average molecular weight is 601 g/mol. The summed E-state index contributed by atoms with van der Waals surface area (Å²) in [6, 6.07) is 34.4. The highest BCUT2D eigenvalue weighted by atomic mass is 35.5. The molecule has 6 heteroatoms.